The summed E-state index contributed by atoms with van der Waals surface area (Å²) in [6, 6.07) is 13.3. The highest BCUT2D eigenvalue weighted by atomic mass is 19.4. The van der Waals surface area contributed by atoms with Crippen LogP contribution < -0.4 is 5.73 Å². The number of halogens is 3. The van der Waals surface area contributed by atoms with Crippen molar-refractivity contribution >= 4 is 11.0 Å². The summed E-state index contributed by atoms with van der Waals surface area (Å²) < 4.78 is 44.9. The van der Waals surface area contributed by atoms with Crippen LogP contribution in [0.2, 0.25) is 0 Å². The number of fused-ring (bicyclic) bond motifs is 1. The molecule has 0 radical (unpaired) electrons. The summed E-state index contributed by atoms with van der Waals surface area (Å²) in [4.78, 5) is 0. The number of benzene rings is 2. The predicted molar refractivity (Wildman–Crippen MR) is 74.5 cm³/mol. The molecule has 0 amide bonds. The maximum atomic E-state index is 13.2. The number of alkyl halides is 3. The van der Waals surface area contributed by atoms with E-state index in [1.165, 1.54) is 0 Å². The smallest absolute Gasteiger partial charge is 0.420 e. The lowest BCUT2D eigenvalue weighted by Gasteiger charge is -2.10. The molecule has 108 valence electrons. The van der Waals surface area contributed by atoms with Gasteiger partial charge in [-0.3, -0.25) is 0 Å². The molecule has 1 heterocycles. The van der Waals surface area contributed by atoms with Crippen molar-refractivity contribution in [2.75, 3.05) is 0 Å². The molecule has 2 N–H and O–H groups in total. The van der Waals surface area contributed by atoms with Gasteiger partial charge >= 0.3 is 6.18 Å². The van der Waals surface area contributed by atoms with Gasteiger partial charge in [0.05, 0.1) is 12.1 Å². The fourth-order valence-corrected chi connectivity index (χ4v) is 2.31. The van der Waals surface area contributed by atoms with Crippen molar-refractivity contribution in [3.8, 4) is 11.1 Å². The van der Waals surface area contributed by atoms with Gasteiger partial charge in [0.2, 0.25) is 0 Å². The summed E-state index contributed by atoms with van der Waals surface area (Å²) in [5.74, 6) is 0.334. The molecule has 3 rings (SSSR count). The Hall–Kier alpha value is -2.27. The van der Waals surface area contributed by atoms with Crippen LogP contribution in [0.25, 0.3) is 22.1 Å². The molecule has 0 fully saturated rings. The van der Waals surface area contributed by atoms with Crippen LogP contribution in [0.5, 0.6) is 0 Å². The van der Waals surface area contributed by atoms with E-state index in [1.807, 2.05) is 6.07 Å². The van der Waals surface area contributed by atoms with Crippen molar-refractivity contribution in [3.63, 3.8) is 0 Å². The molecule has 0 spiro atoms. The Morgan fingerprint density at radius 3 is 2.29 bits per heavy atom. The van der Waals surface area contributed by atoms with Crippen LogP contribution >= 0.6 is 0 Å². The minimum atomic E-state index is -4.48. The van der Waals surface area contributed by atoms with Crippen molar-refractivity contribution in [1.29, 1.82) is 0 Å². The topological polar surface area (TPSA) is 39.2 Å². The minimum Gasteiger partial charge on any atom is -0.459 e. The molecule has 0 aliphatic heterocycles. The van der Waals surface area contributed by atoms with E-state index < -0.39 is 11.7 Å². The normalized spacial score (nSPS) is 12.0. The SMILES string of the molecule is NCc1cc2cc(-c3ccccc3)cc(C(F)(F)F)c2o1. The zero-order valence-electron chi connectivity index (χ0n) is 10.9. The Labute approximate surface area is 119 Å². The molecule has 3 aromatic rings. The van der Waals surface area contributed by atoms with Crippen molar-refractivity contribution in [2.24, 2.45) is 5.73 Å². The minimum absolute atomic E-state index is 0.0622. The van der Waals surface area contributed by atoms with Crippen LogP contribution in [0.3, 0.4) is 0 Å². The fraction of sp³-hybridized carbons (Fsp3) is 0.125. The summed E-state index contributed by atoms with van der Waals surface area (Å²) in [5.41, 5.74) is 5.73. The number of hydrogen-bond donors (Lipinski definition) is 1. The molecule has 0 saturated heterocycles. The van der Waals surface area contributed by atoms with Crippen molar-refractivity contribution in [1.82, 2.24) is 0 Å². The molecular formula is C16H12F3NO. The first kappa shape index (κ1) is 13.7. The van der Waals surface area contributed by atoms with Gasteiger partial charge < -0.3 is 10.2 Å². The molecule has 0 saturated carbocycles. The Morgan fingerprint density at radius 1 is 0.952 bits per heavy atom. The van der Waals surface area contributed by atoms with Crippen molar-refractivity contribution in [3.05, 3.63) is 59.9 Å². The quantitative estimate of drug-likeness (QED) is 0.750. The van der Waals surface area contributed by atoms with E-state index in [0.29, 0.717) is 16.7 Å². The Morgan fingerprint density at radius 2 is 1.67 bits per heavy atom. The zero-order chi connectivity index (χ0) is 15.0. The first-order chi connectivity index (χ1) is 9.99. The van der Waals surface area contributed by atoms with Crippen LogP contribution in [0.1, 0.15) is 11.3 Å². The predicted octanol–water partition coefficient (Wildman–Crippen LogP) is 4.58. The number of hydrogen-bond acceptors (Lipinski definition) is 2. The van der Waals surface area contributed by atoms with Gasteiger partial charge in [-0.2, -0.15) is 13.2 Å². The van der Waals surface area contributed by atoms with Gasteiger partial charge in [0.25, 0.3) is 0 Å². The van der Waals surface area contributed by atoms with E-state index in [4.69, 9.17) is 10.2 Å². The van der Waals surface area contributed by atoms with Crippen molar-refractivity contribution in [2.45, 2.75) is 12.7 Å². The molecular weight excluding hydrogens is 279 g/mol. The second kappa shape index (κ2) is 4.93. The summed E-state index contributed by atoms with van der Waals surface area (Å²) in [5, 5.41) is 0.407. The molecule has 0 atom stereocenters. The molecule has 2 nitrogen and oxygen atoms in total. The van der Waals surface area contributed by atoms with E-state index in [2.05, 4.69) is 0 Å². The van der Waals surface area contributed by atoms with Crippen LogP contribution in [-0.2, 0) is 12.7 Å². The average Bonchev–Trinajstić information content (AvgIpc) is 2.89. The van der Waals surface area contributed by atoms with Gasteiger partial charge in [-0.1, -0.05) is 30.3 Å². The van der Waals surface area contributed by atoms with Gasteiger partial charge in [0.15, 0.2) is 0 Å². The summed E-state index contributed by atoms with van der Waals surface area (Å²) >= 11 is 0. The molecule has 1 aromatic heterocycles. The van der Waals surface area contributed by atoms with E-state index in [1.54, 1.807) is 36.4 Å². The van der Waals surface area contributed by atoms with Crippen LogP contribution in [0, 0.1) is 0 Å². The second-order valence-electron chi connectivity index (χ2n) is 4.72. The van der Waals surface area contributed by atoms with E-state index >= 15 is 0 Å². The van der Waals surface area contributed by atoms with Crippen LogP contribution in [0.4, 0.5) is 13.2 Å². The summed E-state index contributed by atoms with van der Waals surface area (Å²) in [6.07, 6.45) is -4.48. The molecule has 0 bridgehead atoms. The monoisotopic (exact) mass is 291 g/mol. The van der Waals surface area contributed by atoms with Gasteiger partial charge in [-0.15, -0.1) is 0 Å². The van der Waals surface area contributed by atoms with Crippen molar-refractivity contribution < 1.29 is 17.6 Å². The highest BCUT2D eigenvalue weighted by Gasteiger charge is 2.35. The molecule has 5 heteroatoms. The van der Waals surface area contributed by atoms with E-state index in [-0.39, 0.29) is 12.1 Å². The lowest BCUT2D eigenvalue weighted by atomic mass is 10.0. The third-order valence-corrected chi connectivity index (χ3v) is 3.28. The zero-order valence-corrected chi connectivity index (χ0v) is 10.9. The molecule has 21 heavy (non-hydrogen) atoms. The number of nitrogens with two attached hydrogens (primary N) is 1. The number of rotatable bonds is 2. The highest BCUT2D eigenvalue weighted by Crippen LogP contribution is 2.39. The molecule has 0 unspecified atom stereocenters. The van der Waals surface area contributed by atoms with Gasteiger partial charge in [0, 0.05) is 5.39 Å². The maximum absolute atomic E-state index is 13.2. The molecule has 0 aliphatic carbocycles. The first-order valence-electron chi connectivity index (χ1n) is 6.38. The second-order valence-corrected chi connectivity index (χ2v) is 4.72. The highest BCUT2D eigenvalue weighted by molar-refractivity contribution is 5.87. The standard InChI is InChI=1S/C16H12F3NO/c17-16(18,19)14-8-11(10-4-2-1-3-5-10)6-12-7-13(9-20)21-15(12)14/h1-8H,9,20H2. The lowest BCUT2D eigenvalue weighted by Crippen LogP contribution is -2.05. The molecule has 2 aromatic carbocycles. The Balaban J connectivity index is 2.29. The van der Waals surface area contributed by atoms with Crippen LogP contribution in [-0.4, -0.2) is 0 Å². The van der Waals surface area contributed by atoms with Crippen LogP contribution in [0.15, 0.2) is 52.9 Å². The van der Waals surface area contributed by atoms with Gasteiger partial charge in [-0.05, 0) is 29.3 Å². The fourth-order valence-electron chi connectivity index (χ4n) is 2.31. The maximum Gasteiger partial charge on any atom is 0.420 e. The largest absolute Gasteiger partial charge is 0.459 e. The first-order valence-corrected chi connectivity index (χ1v) is 6.38. The Bertz CT molecular complexity index is 775. The Kier molecular flexibility index (Phi) is 3.22. The van der Waals surface area contributed by atoms with Gasteiger partial charge in [-0.25, -0.2) is 0 Å². The van der Waals surface area contributed by atoms with E-state index in [9.17, 15) is 13.2 Å². The van der Waals surface area contributed by atoms with E-state index in [0.717, 1.165) is 11.6 Å². The summed E-state index contributed by atoms with van der Waals surface area (Å²) in [7, 11) is 0. The number of furan rings is 1. The summed E-state index contributed by atoms with van der Waals surface area (Å²) in [6.45, 7) is 0.0622. The third-order valence-electron chi connectivity index (χ3n) is 3.28. The molecule has 0 aliphatic rings. The lowest BCUT2D eigenvalue weighted by molar-refractivity contribution is -0.136. The average molecular weight is 291 g/mol. The third kappa shape index (κ3) is 2.52. The van der Waals surface area contributed by atoms with Gasteiger partial charge in [0.1, 0.15) is 11.3 Å².